The lowest BCUT2D eigenvalue weighted by atomic mass is 9.97. The van der Waals surface area contributed by atoms with Crippen molar-refractivity contribution in [3.8, 4) is 5.75 Å². The minimum absolute atomic E-state index is 0. The molecule has 1 N–H and O–H groups in total. The summed E-state index contributed by atoms with van der Waals surface area (Å²) in [6, 6.07) is 6.48. The molecule has 8 heteroatoms. The summed E-state index contributed by atoms with van der Waals surface area (Å²) in [7, 11) is -1.40. The van der Waals surface area contributed by atoms with Crippen LogP contribution in [-0.2, 0) is 14.6 Å². The number of hydrogen-bond donors (Lipinski definition) is 1. The Morgan fingerprint density at radius 2 is 2.00 bits per heavy atom. The molecular weight excluding hydrogens is 364 g/mol. The van der Waals surface area contributed by atoms with Gasteiger partial charge in [-0.15, -0.1) is 12.4 Å². The maximum Gasteiger partial charge on any atom is 0.225 e. The predicted molar refractivity (Wildman–Crippen MR) is 100 cm³/mol. The number of carbonyl (C=O) groups excluding carboxylic acids is 1. The average Bonchev–Trinajstić information content (AvgIpc) is 2.58. The van der Waals surface area contributed by atoms with Crippen LogP contribution in [0.25, 0.3) is 0 Å². The molecule has 0 atom stereocenters. The highest BCUT2D eigenvalue weighted by Crippen LogP contribution is 2.18. The first-order valence-corrected chi connectivity index (χ1v) is 10.2. The molecule has 2 rings (SSSR count). The lowest BCUT2D eigenvalue weighted by molar-refractivity contribution is -0.135. The van der Waals surface area contributed by atoms with Crippen molar-refractivity contribution < 1.29 is 17.9 Å². The maximum atomic E-state index is 12.3. The van der Waals surface area contributed by atoms with Gasteiger partial charge in [-0.25, -0.2) is 8.42 Å². The lowest BCUT2D eigenvalue weighted by Gasteiger charge is -2.26. The van der Waals surface area contributed by atoms with Crippen LogP contribution in [0, 0.1) is 5.92 Å². The van der Waals surface area contributed by atoms with Crippen LogP contribution in [-0.4, -0.2) is 58.8 Å². The molecule has 6 nitrogen and oxygen atoms in total. The molecule has 0 saturated carbocycles. The van der Waals surface area contributed by atoms with E-state index in [-0.39, 0.29) is 29.1 Å². The number of rotatable bonds is 7. The first-order chi connectivity index (χ1) is 11.4. The minimum atomic E-state index is -3.23. The Morgan fingerprint density at radius 1 is 1.32 bits per heavy atom. The Morgan fingerprint density at radius 3 is 2.64 bits per heavy atom. The van der Waals surface area contributed by atoms with Gasteiger partial charge < -0.3 is 15.0 Å². The van der Waals surface area contributed by atoms with E-state index in [0.717, 1.165) is 25.9 Å². The van der Waals surface area contributed by atoms with Gasteiger partial charge in [0, 0.05) is 25.8 Å². The van der Waals surface area contributed by atoms with Gasteiger partial charge in [0.2, 0.25) is 5.91 Å². The van der Waals surface area contributed by atoms with Gasteiger partial charge in [-0.05, 0) is 50.6 Å². The molecule has 25 heavy (non-hydrogen) atoms. The first-order valence-electron chi connectivity index (χ1n) is 8.26. The summed E-state index contributed by atoms with van der Waals surface area (Å²) in [5.74, 6) is 0.865. The molecule has 0 radical (unpaired) electrons. The monoisotopic (exact) mass is 390 g/mol. The molecule has 0 aliphatic carbocycles. The van der Waals surface area contributed by atoms with Crippen LogP contribution in [0.2, 0.25) is 0 Å². The normalized spacial score (nSPS) is 15.3. The number of halogens is 1. The van der Waals surface area contributed by atoms with Crippen molar-refractivity contribution in [2.75, 3.05) is 39.5 Å². The fraction of sp³-hybridized carbons (Fsp3) is 0.588. The highest BCUT2D eigenvalue weighted by molar-refractivity contribution is 7.90. The highest BCUT2D eigenvalue weighted by atomic mass is 35.5. The Kier molecular flexibility index (Phi) is 8.68. The number of amides is 1. The third-order valence-electron chi connectivity index (χ3n) is 4.20. The summed E-state index contributed by atoms with van der Waals surface area (Å²) in [4.78, 5) is 14.3. The van der Waals surface area contributed by atoms with Crippen LogP contribution < -0.4 is 10.1 Å². The standard InChI is InChI=1S/C17H26N2O4S.ClH/c1-19(17(20)14-7-9-18-10-8-14)11-4-12-23-15-5-3-6-16(13-15)24(2,21)22;/h3,5-6,13-14,18H,4,7-12H2,1-2H3;1H. The van der Waals surface area contributed by atoms with E-state index in [1.807, 2.05) is 7.05 Å². The van der Waals surface area contributed by atoms with Crippen LogP contribution in [0.5, 0.6) is 5.75 Å². The molecule has 0 unspecified atom stereocenters. The zero-order chi connectivity index (χ0) is 17.6. The summed E-state index contributed by atoms with van der Waals surface area (Å²) >= 11 is 0. The van der Waals surface area contributed by atoms with Crippen molar-refractivity contribution >= 4 is 28.2 Å². The van der Waals surface area contributed by atoms with Gasteiger partial charge in [0.15, 0.2) is 9.84 Å². The first kappa shape index (κ1) is 21.7. The summed E-state index contributed by atoms with van der Waals surface area (Å²) in [5.41, 5.74) is 0. The Bertz CT molecular complexity index is 660. The number of carbonyl (C=O) groups is 1. The highest BCUT2D eigenvalue weighted by Gasteiger charge is 2.23. The van der Waals surface area contributed by atoms with E-state index in [0.29, 0.717) is 25.3 Å². The molecule has 0 spiro atoms. The Balaban J connectivity index is 0.00000312. The molecule has 1 amide bonds. The Hall–Kier alpha value is -1.31. The van der Waals surface area contributed by atoms with Crippen molar-refractivity contribution in [3.05, 3.63) is 24.3 Å². The summed E-state index contributed by atoms with van der Waals surface area (Å²) in [5, 5.41) is 3.26. The van der Waals surface area contributed by atoms with Gasteiger partial charge in [0.25, 0.3) is 0 Å². The second kappa shape index (κ2) is 9.99. The van der Waals surface area contributed by atoms with E-state index >= 15 is 0 Å². The average molecular weight is 391 g/mol. The van der Waals surface area contributed by atoms with Crippen molar-refractivity contribution in [3.63, 3.8) is 0 Å². The third kappa shape index (κ3) is 6.84. The number of hydrogen-bond acceptors (Lipinski definition) is 5. The smallest absolute Gasteiger partial charge is 0.225 e. The molecule has 1 heterocycles. The molecular formula is C17H27ClN2O4S. The second-order valence-corrected chi connectivity index (χ2v) is 8.25. The zero-order valence-electron chi connectivity index (χ0n) is 14.7. The van der Waals surface area contributed by atoms with Crippen LogP contribution in [0.4, 0.5) is 0 Å². The number of piperidine rings is 1. The lowest BCUT2D eigenvalue weighted by Crippen LogP contribution is -2.39. The van der Waals surface area contributed by atoms with Crippen molar-refractivity contribution in [1.29, 1.82) is 0 Å². The van der Waals surface area contributed by atoms with Crippen LogP contribution >= 0.6 is 12.4 Å². The molecule has 1 fully saturated rings. The molecule has 0 bridgehead atoms. The quantitative estimate of drug-likeness (QED) is 0.717. The number of sulfone groups is 1. The number of ether oxygens (including phenoxy) is 1. The molecule has 1 saturated heterocycles. The van der Waals surface area contributed by atoms with Gasteiger partial charge in [-0.3, -0.25) is 4.79 Å². The van der Waals surface area contributed by atoms with Crippen LogP contribution in [0.3, 0.4) is 0 Å². The number of nitrogens with zero attached hydrogens (tertiary/aromatic N) is 1. The SMILES string of the molecule is CN(CCCOc1cccc(S(C)(=O)=O)c1)C(=O)C1CCNCC1.Cl. The molecule has 142 valence electrons. The van der Waals surface area contributed by atoms with E-state index in [2.05, 4.69) is 5.32 Å². The van der Waals surface area contributed by atoms with Gasteiger partial charge >= 0.3 is 0 Å². The number of nitrogens with one attached hydrogen (secondary N) is 1. The largest absolute Gasteiger partial charge is 0.493 e. The summed E-state index contributed by atoms with van der Waals surface area (Å²) in [6.45, 7) is 2.89. The van der Waals surface area contributed by atoms with Crippen molar-refractivity contribution in [2.24, 2.45) is 5.92 Å². The molecule has 1 aromatic carbocycles. The number of benzene rings is 1. The molecule has 1 aliphatic rings. The van der Waals surface area contributed by atoms with Gasteiger partial charge in [0.1, 0.15) is 5.75 Å². The maximum absolute atomic E-state index is 12.3. The van der Waals surface area contributed by atoms with Gasteiger partial charge in [-0.2, -0.15) is 0 Å². The van der Waals surface area contributed by atoms with Crippen molar-refractivity contribution in [1.82, 2.24) is 10.2 Å². The van der Waals surface area contributed by atoms with E-state index < -0.39 is 9.84 Å². The van der Waals surface area contributed by atoms with Gasteiger partial charge in [-0.1, -0.05) is 6.07 Å². The van der Waals surface area contributed by atoms with E-state index in [1.165, 1.54) is 12.3 Å². The molecule has 1 aliphatic heterocycles. The Labute approximate surface area is 156 Å². The molecule has 1 aromatic rings. The summed E-state index contributed by atoms with van der Waals surface area (Å²) < 4.78 is 28.7. The fourth-order valence-electron chi connectivity index (χ4n) is 2.78. The van der Waals surface area contributed by atoms with E-state index in [9.17, 15) is 13.2 Å². The van der Waals surface area contributed by atoms with E-state index in [4.69, 9.17) is 4.74 Å². The zero-order valence-corrected chi connectivity index (χ0v) is 16.4. The third-order valence-corrected chi connectivity index (χ3v) is 5.32. The van der Waals surface area contributed by atoms with Crippen molar-refractivity contribution in [2.45, 2.75) is 24.2 Å². The van der Waals surface area contributed by atoms with Gasteiger partial charge in [0.05, 0.1) is 11.5 Å². The van der Waals surface area contributed by atoms with Crippen LogP contribution in [0.15, 0.2) is 29.2 Å². The fourth-order valence-corrected chi connectivity index (χ4v) is 3.43. The molecule has 0 aromatic heterocycles. The second-order valence-electron chi connectivity index (χ2n) is 6.23. The minimum Gasteiger partial charge on any atom is -0.493 e. The van der Waals surface area contributed by atoms with E-state index in [1.54, 1.807) is 23.1 Å². The predicted octanol–water partition coefficient (Wildman–Crippen LogP) is 1.74. The summed E-state index contributed by atoms with van der Waals surface area (Å²) in [6.07, 6.45) is 3.68. The van der Waals surface area contributed by atoms with Crippen LogP contribution in [0.1, 0.15) is 19.3 Å². The topological polar surface area (TPSA) is 75.7 Å².